The molecular formula is C17H24ClN3O2. The number of hydrogen-bond acceptors (Lipinski definition) is 3. The number of halogens is 1. The lowest BCUT2D eigenvalue weighted by atomic mass is 9.99. The topological polar surface area (TPSA) is 61.4 Å². The number of nitrogens with zero attached hydrogens (tertiary/aromatic N) is 1. The third-order valence-corrected chi connectivity index (χ3v) is 4.33. The van der Waals surface area contributed by atoms with Crippen molar-refractivity contribution < 1.29 is 9.59 Å². The first-order chi connectivity index (χ1) is 10.8. The molecule has 1 heterocycles. The fourth-order valence-electron chi connectivity index (χ4n) is 3.07. The summed E-state index contributed by atoms with van der Waals surface area (Å²) >= 11 is 6.23. The van der Waals surface area contributed by atoms with E-state index in [0.29, 0.717) is 23.8 Å². The Hall–Kier alpha value is -1.59. The second kappa shape index (κ2) is 7.32. The SMILES string of the molecule is Cc1cc(C)c(NC(=O)CN2CCNC(=O)[C@H]2C(C)C)c(Cl)c1. The Balaban J connectivity index is 2.08. The molecule has 1 atom stereocenters. The number of amides is 2. The molecule has 2 amide bonds. The van der Waals surface area contributed by atoms with E-state index in [4.69, 9.17) is 11.6 Å². The van der Waals surface area contributed by atoms with Crippen LogP contribution in [0.3, 0.4) is 0 Å². The summed E-state index contributed by atoms with van der Waals surface area (Å²) in [4.78, 5) is 26.4. The Kier molecular flexibility index (Phi) is 5.65. The monoisotopic (exact) mass is 337 g/mol. The van der Waals surface area contributed by atoms with Crippen molar-refractivity contribution in [3.8, 4) is 0 Å². The lowest BCUT2D eigenvalue weighted by molar-refractivity contribution is -0.132. The van der Waals surface area contributed by atoms with E-state index >= 15 is 0 Å². The second-order valence-corrected chi connectivity index (χ2v) is 6.84. The van der Waals surface area contributed by atoms with Crippen molar-refractivity contribution in [2.75, 3.05) is 25.0 Å². The van der Waals surface area contributed by atoms with Gasteiger partial charge in [0.1, 0.15) is 0 Å². The molecule has 1 aliphatic heterocycles. The maximum absolute atomic E-state index is 12.4. The zero-order valence-electron chi connectivity index (χ0n) is 14.1. The molecule has 0 aliphatic carbocycles. The number of carbonyl (C=O) groups is 2. The van der Waals surface area contributed by atoms with Gasteiger partial charge in [0.2, 0.25) is 11.8 Å². The maximum Gasteiger partial charge on any atom is 0.238 e. The van der Waals surface area contributed by atoms with Crippen molar-refractivity contribution in [1.82, 2.24) is 10.2 Å². The number of carbonyl (C=O) groups excluding carboxylic acids is 2. The van der Waals surface area contributed by atoms with Crippen LogP contribution >= 0.6 is 11.6 Å². The first-order valence-electron chi connectivity index (χ1n) is 7.88. The highest BCUT2D eigenvalue weighted by atomic mass is 35.5. The lowest BCUT2D eigenvalue weighted by Gasteiger charge is -2.36. The van der Waals surface area contributed by atoms with Gasteiger partial charge < -0.3 is 10.6 Å². The normalized spacial score (nSPS) is 18.9. The van der Waals surface area contributed by atoms with Gasteiger partial charge in [-0.1, -0.05) is 31.5 Å². The van der Waals surface area contributed by atoms with Crippen molar-refractivity contribution in [1.29, 1.82) is 0 Å². The van der Waals surface area contributed by atoms with Crippen LogP contribution in [0.4, 0.5) is 5.69 Å². The Labute approximate surface area is 142 Å². The van der Waals surface area contributed by atoms with Crippen molar-refractivity contribution in [3.05, 3.63) is 28.3 Å². The number of benzene rings is 1. The van der Waals surface area contributed by atoms with Gasteiger partial charge in [0.05, 0.1) is 23.3 Å². The van der Waals surface area contributed by atoms with E-state index < -0.39 is 0 Å². The maximum atomic E-state index is 12.4. The molecule has 1 fully saturated rings. The molecule has 126 valence electrons. The highest BCUT2D eigenvalue weighted by Gasteiger charge is 2.33. The van der Waals surface area contributed by atoms with Crippen LogP contribution in [0.5, 0.6) is 0 Å². The predicted octanol–water partition coefficient (Wildman–Crippen LogP) is 2.35. The van der Waals surface area contributed by atoms with Crippen LogP contribution in [-0.4, -0.2) is 42.4 Å². The van der Waals surface area contributed by atoms with Gasteiger partial charge in [-0.15, -0.1) is 0 Å². The molecule has 0 spiro atoms. The number of piperazine rings is 1. The minimum atomic E-state index is -0.274. The van der Waals surface area contributed by atoms with Crippen molar-refractivity contribution in [2.24, 2.45) is 5.92 Å². The quantitative estimate of drug-likeness (QED) is 0.886. The first-order valence-corrected chi connectivity index (χ1v) is 8.25. The molecule has 5 nitrogen and oxygen atoms in total. The molecule has 2 rings (SSSR count). The van der Waals surface area contributed by atoms with Gasteiger partial charge in [-0.25, -0.2) is 0 Å². The van der Waals surface area contributed by atoms with Crippen LogP contribution in [0.2, 0.25) is 5.02 Å². The van der Waals surface area contributed by atoms with Crippen molar-refractivity contribution in [3.63, 3.8) is 0 Å². The van der Waals surface area contributed by atoms with Gasteiger partial charge in [-0.05, 0) is 37.0 Å². The Bertz CT molecular complexity index is 593. The number of hydrogen-bond donors (Lipinski definition) is 2. The molecule has 0 bridgehead atoms. The Morgan fingerprint density at radius 3 is 2.74 bits per heavy atom. The summed E-state index contributed by atoms with van der Waals surface area (Å²) in [6.45, 7) is 9.27. The van der Waals surface area contributed by atoms with Crippen molar-refractivity contribution in [2.45, 2.75) is 33.7 Å². The highest BCUT2D eigenvalue weighted by molar-refractivity contribution is 6.34. The highest BCUT2D eigenvalue weighted by Crippen LogP contribution is 2.27. The van der Waals surface area contributed by atoms with Gasteiger partial charge >= 0.3 is 0 Å². The van der Waals surface area contributed by atoms with Crippen LogP contribution in [0, 0.1) is 19.8 Å². The fourth-order valence-corrected chi connectivity index (χ4v) is 3.44. The summed E-state index contributed by atoms with van der Waals surface area (Å²) < 4.78 is 0. The van der Waals surface area contributed by atoms with Crippen LogP contribution < -0.4 is 10.6 Å². The zero-order valence-corrected chi connectivity index (χ0v) is 14.8. The third kappa shape index (κ3) is 4.24. The van der Waals surface area contributed by atoms with Crippen LogP contribution in [0.1, 0.15) is 25.0 Å². The number of rotatable bonds is 4. The van der Waals surface area contributed by atoms with Gasteiger partial charge in [-0.3, -0.25) is 14.5 Å². The van der Waals surface area contributed by atoms with E-state index in [1.807, 2.05) is 44.7 Å². The Morgan fingerprint density at radius 1 is 1.43 bits per heavy atom. The largest absolute Gasteiger partial charge is 0.353 e. The standard InChI is InChI=1S/C17H24ClN3O2/c1-10(2)16-17(23)19-5-6-21(16)9-14(22)20-15-12(4)7-11(3)8-13(15)18/h7-8,10,16H,5-6,9H2,1-4H3,(H,19,23)(H,20,22)/t16-/m1/s1. The molecule has 1 aromatic rings. The van der Waals surface area contributed by atoms with Crippen molar-refractivity contribution >= 4 is 29.1 Å². The second-order valence-electron chi connectivity index (χ2n) is 6.44. The molecule has 6 heteroatoms. The first kappa shape index (κ1) is 17.8. The molecule has 0 unspecified atom stereocenters. The van der Waals surface area contributed by atoms with E-state index in [1.165, 1.54) is 0 Å². The summed E-state index contributed by atoms with van der Waals surface area (Å²) in [6.07, 6.45) is 0. The van der Waals surface area contributed by atoms with Gasteiger partial charge in [0.25, 0.3) is 0 Å². The van der Waals surface area contributed by atoms with Gasteiger partial charge in [0.15, 0.2) is 0 Å². The summed E-state index contributed by atoms with van der Waals surface area (Å²) in [7, 11) is 0. The number of aryl methyl sites for hydroxylation is 2. The van der Waals surface area contributed by atoms with E-state index in [9.17, 15) is 9.59 Å². The van der Waals surface area contributed by atoms with E-state index in [-0.39, 0.29) is 30.3 Å². The summed E-state index contributed by atoms with van der Waals surface area (Å²) in [6, 6.07) is 3.53. The van der Waals surface area contributed by atoms with Crippen LogP contribution in [-0.2, 0) is 9.59 Å². The molecule has 0 aromatic heterocycles. The Morgan fingerprint density at radius 2 is 2.13 bits per heavy atom. The molecule has 1 aromatic carbocycles. The average molecular weight is 338 g/mol. The van der Waals surface area contributed by atoms with Crippen LogP contribution in [0.15, 0.2) is 12.1 Å². The summed E-state index contributed by atoms with van der Waals surface area (Å²) in [5, 5.41) is 6.28. The molecule has 0 saturated carbocycles. The van der Waals surface area contributed by atoms with E-state index in [2.05, 4.69) is 10.6 Å². The minimum Gasteiger partial charge on any atom is -0.353 e. The van der Waals surface area contributed by atoms with E-state index in [0.717, 1.165) is 11.1 Å². The molecule has 2 N–H and O–H groups in total. The van der Waals surface area contributed by atoms with Crippen LogP contribution in [0.25, 0.3) is 0 Å². The molecule has 1 aliphatic rings. The average Bonchev–Trinajstić information content (AvgIpc) is 2.42. The van der Waals surface area contributed by atoms with E-state index in [1.54, 1.807) is 0 Å². The molecular weight excluding hydrogens is 314 g/mol. The zero-order chi connectivity index (χ0) is 17.1. The number of nitrogens with one attached hydrogen (secondary N) is 2. The molecule has 0 radical (unpaired) electrons. The lowest BCUT2D eigenvalue weighted by Crippen LogP contribution is -2.58. The summed E-state index contributed by atoms with van der Waals surface area (Å²) in [5.41, 5.74) is 2.63. The molecule has 1 saturated heterocycles. The summed E-state index contributed by atoms with van der Waals surface area (Å²) in [5.74, 6) is -0.0180. The third-order valence-electron chi connectivity index (χ3n) is 4.03. The molecule has 23 heavy (non-hydrogen) atoms. The predicted molar refractivity (Wildman–Crippen MR) is 92.8 cm³/mol. The van der Waals surface area contributed by atoms with Gasteiger partial charge in [-0.2, -0.15) is 0 Å². The smallest absolute Gasteiger partial charge is 0.238 e. The number of anilines is 1. The minimum absolute atomic E-state index is 0.0106. The fraction of sp³-hybridized carbons (Fsp3) is 0.529. The van der Waals surface area contributed by atoms with Gasteiger partial charge in [0, 0.05) is 13.1 Å².